The molecule has 0 unspecified atom stereocenters. The summed E-state index contributed by atoms with van der Waals surface area (Å²) in [6.07, 6.45) is 1.20. The third-order valence-electron chi connectivity index (χ3n) is 2.96. The quantitative estimate of drug-likeness (QED) is 0.843. The maximum atomic E-state index is 5.80. The Morgan fingerprint density at radius 2 is 2.25 bits per heavy atom. The highest BCUT2D eigenvalue weighted by atomic mass is 16.5. The van der Waals surface area contributed by atoms with Gasteiger partial charge in [-0.2, -0.15) is 0 Å². The van der Waals surface area contributed by atoms with Gasteiger partial charge in [0.2, 0.25) is 0 Å². The standard InChI is InChI=1S/C13H19NO2/c1-10-3-4-12(13(7-10)15-2)16-9-11-5-6-14-8-11/h3-4,7,11,14H,5-6,8-9H2,1-2H3/t11-/m0/s1. The lowest BCUT2D eigenvalue weighted by Crippen LogP contribution is -2.15. The molecule has 3 nitrogen and oxygen atoms in total. The number of benzene rings is 1. The molecule has 3 heteroatoms. The Labute approximate surface area is 96.8 Å². The fourth-order valence-electron chi connectivity index (χ4n) is 1.96. The van der Waals surface area contributed by atoms with Crippen molar-refractivity contribution in [2.45, 2.75) is 13.3 Å². The van der Waals surface area contributed by atoms with Gasteiger partial charge in [-0.1, -0.05) is 6.07 Å². The number of hydrogen-bond donors (Lipinski definition) is 1. The zero-order valence-corrected chi connectivity index (χ0v) is 9.95. The van der Waals surface area contributed by atoms with Crippen LogP contribution in [0, 0.1) is 12.8 Å². The van der Waals surface area contributed by atoms with E-state index >= 15 is 0 Å². The average Bonchev–Trinajstić information content (AvgIpc) is 2.80. The van der Waals surface area contributed by atoms with E-state index < -0.39 is 0 Å². The average molecular weight is 221 g/mol. The van der Waals surface area contributed by atoms with Gasteiger partial charge in [0.25, 0.3) is 0 Å². The highest BCUT2D eigenvalue weighted by Gasteiger charge is 2.15. The number of hydrogen-bond acceptors (Lipinski definition) is 3. The van der Waals surface area contributed by atoms with Gasteiger partial charge in [0.15, 0.2) is 11.5 Å². The van der Waals surface area contributed by atoms with E-state index in [1.807, 2.05) is 25.1 Å². The van der Waals surface area contributed by atoms with Crippen LogP contribution in [0.15, 0.2) is 18.2 Å². The largest absolute Gasteiger partial charge is 0.493 e. The number of methoxy groups -OCH3 is 1. The predicted octanol–water partition coefficient (Wildman–Crippen LogP) is 1.99. The monoisotopic (exact) mass is 221 g/mol. The molecule has 1 fully saturated rings. The zero-order valence-electron chi connectivity index (χ0n) is 9.95. The second kappa shape index (κ2) is 5.21. The highest BCUT2D eigenvalue weighted by Crippen LogP contribution is 2.28. The third kappa shape index (κ3) is 2.67. The molecule has 0 aromatic heterocycles. The molecule has 1 atom stereocenters. The van der Waals surface area contributed by atoms with E-state index in [1.165, 1.54) is 12.0 Å². The van der Waals surface area contributed by atoms with Crippen LogP contribution in [-0.2, 0) is 0 Å². The molecular formula is C13H19NO2. The lowest BCUT2D eigenvalue weighted by Gasteiger charge is -2.14. The Hall–Kier alpha value is -1.22. The van der Waals surface area contributed by atoms with Gasteiger partial charge in [0.1, 0.15) is 0 Å². The van der Waals surface area contributed by atoms with Gasteiger partial charge in [0.05, 0.1) is 13.7 Å². The Balaban J connectivity index is 1.97. The van der Waals surface area contributed by atoms with E-state index in [4.69, 9.17) is 9.47 Å². The first-order chi connectivity index (χ1) is 7.79. The maximum Gasteiger partial charge on any atom is 0.161 e. The SMILES string of the molecule is COc1cc(C)ccc1OC[C@H]1CCNC1. The number of rotatable bonds is 4. The molecule has 1 aromatic rings. The van der Waals surface area contributed by atoms with Crippen LogP contribution >= 0.6 is 0 Å². The Kier molecular flexibility index (Phi) is 3.67. The second-order valence-corrected chi connectivity index (χ2v) is 4.32. The number of ether oxygens (including phenoxy) is 2. The second-order valence-electron chi connectivity index (χ2n) is 4.32. The van der Waals surface area contributed by atoms with Crippen molar-refractivity contribution in [1.29, 1.82) is 0 Å². The van der Waals surface area contributed by atoms with Crippen molar-refractivity contribution in [3.63, 3.8) is 0 Å². The molecule has 16 heavy (non-hydrogen) atoms. The number of nitrogens with one attached hydrogen (secondary N) is 1. The molecule has 1 aliphatic heterocycles. The van der Waals surface area contributed by atoms with E-state index in [-0.39, 0.29) is 0 Å². The van der Waals surface area contributed by atoms with Crippen LogP contribution in [0.25, 0.3) is 0 Å². The minimum atomic E-state index is 0.631. The van der Waals surface area contributed by atoms with Crippen molar-refractivity contribution < 1.29 is 9.47 Å². The van der Waals surface area contributed by atoms with Crippen LogP contribution in [0.1, 0.15) is 12.0 Å². The summed E-state index contributed by atoms with van der Waals surface area (Å²) in [6.45, 7) is 4.99. The first kappa shape index (κ1) is 11.3. The molecule has 0 aliphatic carbocycles. The summed E-state index contributed by atoms with van der Waals surface area (Å²) in [5.41, 5.74) is 1.19. The van der Waals surface area contributed by atoms with Gasteiger partial charge in [-0.15, -0.1) is 0 Å². The molecule has 0 spiro atoms. The zero-order chi connectivity index (χ0) is 11.4. The van der Waals surface area contributed by atoms with Crippen molar-refractivity contribution in [3.05, 3.63) is 23.8 Å². The van der Waals surface area contributed by atoms with Gasteiger partial charge in [-0.3, -0.25) is 0 Å². The van der Waals surface area contributed by atoms with Crippen LogP contribution in [-0.4, -0.2) is 26.8 Å². The van der Waals surface area contributed by atoms with Crippen molar-refractivity contribution in [3.8, 4) is 11.5 Å². The summed E-state index contributed by atoms with van der Waals surface area (Å²) < 4.78 is 11.1. The minimum absolute atomic E-state index is 0.631. The first-order valence-corrected chi connectivity index (χ1v) is 5.78. The predicted molar refractivity (Wildman–Crippen MR) is 64.2 cm³/mol. The third-order valence-corrected chi connectivity index (χ3v) is 2.96. The van der Waals surface area contributed by atoms with Crippen LogP contribution in [0.4, 0.5) is 0 Å². The van der Waals surface area contributed by atoms with Gasteiger partial charge in [-0.25, -0.2) is 0 Å². The summed E-state index contributed by atoms with van der Waals surface area (Å²) >= 11 is 0. The lowest BCUT2D eigenvalue weighted by atomic mass is 10.1. The van der Waals surface area contributed by atoms with E-state index in [0.717, 1.165) is 31.2 Å². The minimum Gasteiger partial charge on any atom is -0.493 e. The summed E-state index contributed by atoms with van der Waals surface area (Å²) in [4.78, 5) is 0. The first-order valence-electron chi connectivity index (χ1n) is 5.78. The smallest absolute Gasteiger partial charge is 0.161 e. The van der Waals surface area contributed by atoms with Crippen LogP contribution in [0.2, 0.25) is 0 Å². The molecule has 88 valence electrons. The van der Waals surface area contributed by atoms with E-state index in [9.17, 15) is 0 Å². The van der Waals surface area contributed by atoms with E-state index in [1.54, 1.807) is 7.11 Å². The maximum absolute atomic E-state index is 5.80. The summed E-state index contributed by atoms with van der Waals surface area (Å²) in [5, 5.41) is 3.34. The molecular weight excluding hydrogens is 202 g/mol. The topological polar surface area (TPSA) is 30.5 Å². The highest BCUT2D eigenvalue weighted by molar-refractivity contribution is 5.42. The van der Waals surface area contributed by atoms with E-state index in [0.29, 0.717) is 5.92 Å². The van der Waals surface area contributed by atoms with Crippen molar-refractivity contribution in [2.24, 2.45) is 5.92 Å². The fourth-order valence-corrected chi connectivity index (χ4v) is 1.96. The van der Waals surface area contributed by atoms with Crippen LogP contribution < -0.4 is 14.8 Å². The van der Waals surface area contributed by atoms with Crippen LogP contribution in [0.5, 0.6) is 11.5 Å². The molecule has 0 radical (unpaired) electrons. The molecule has 1 aromatic carbocycles. The summed E-state index contributed by atoms with van der Waals surface area (Å²) in [7, 11) is 1.68. The Bertz CT molecular complexity index is 346. The van der Waals surface area contributed by atoms with Gasteiger partial charge >= 0.3 is 0 Å². The van der Waals surface area contributed by atoms with Gasteiger partial charge in [-0.05, 0) is 37.6 Å². The van der Waals surface area contributed by atoms with Gasteiger partial charge < -0.3 is 14.8 Å². The Morgan fingerprint density at radius 1 is 1.38 bits per heavy atom. The lowest BCUT2D eigenvalue weighted by molar-refractivity contribution is 0.247. The normalized spacial score (nSPS) is 19.8. The molecule has 1 heterocycles. The summed E-state index contributed by atoms with van der Waals surface area (Å²) in [5.74, 6) is 2.30. The molecule has 0 amide bonds. The van der Waals surface area contributed by atoms with E-state index in [2.05, 4.69) is 5.32 Å². The van der Waals surface area contributed by atoms with Crippen molar-refractivity contribution >= 4 is 0 Å². The van der Waals surface area contributed by atoms with Crippen molar-refractivity contribution in [2.75, 3.05) is 26.8 Å². The summed E-state index contributed by atoms with van der Waals surface area (Å²) in [6, 6.07) is 6.03. The molecule has 1 N–H and O–H groups in total. The van der Waals surface area contributed by atoms with Gasteiger partial charge in [0, 0.05) is 12.5 Å². The molecule has 0 bridgehead atoms. The Morgan fingerprint density at radius 3 is 2.94 bits per heavy atom. The fraction of sp³-hybridized carbons (Fsp3) is 0.538. The number of aryl methyl sites for hydroxylation is 1. The molecule has 1 saturated heterocycles. The van der Waals surface area contributed by atoms with Crippen molar-refractivity contribution in [1.82, 2.24) is 5.32 Å². The molecule has 2 rings (SSSR count). The van der Waals surface area contributed by atoms with Crippen LogP contribution in [0.3, 0.4) is 0 Å². The molecule has 1 aliphatic rings. The molecule has 0 saturated carbocycles.